The zero-order valence-electron chi connectivity index (χ0n) is 10.6. The van der Waals surface area contributed by atoms with Crippen molar-refractivity contribution in [1.82, 2.24) is 0 Å². The number of benzene rings is 1. The summed E-state index contributed by atoms with van der Waals surface area (Å²) < 4.78 is 17.0. The number of hydrogen-bond acceptors (Lipinski definition) is 3. The molecule has 0 aliphatic carbocycles. The van der Waals surface area contributed by atoms with Gasteiger partial charge >= 0.3 is 5.97 Å². The first-order chi connectivity index (χ1) is 8.42. The Morgan fingerprint density at radius 1 is 1.33 bits per heavy atom. The van der Waals surface area contributed by atoms with E-state index in [0.29, 0.717) is 18.6 Å². The molecule has 1 aromatic carbocycles. The molecule has 0 saturated carbocycles. The highest BCUT2D eigenvalue weighted by Crippen LogP contribution is 2.16. The predicted molar refractivity (Wildman–Crippen MR) is 68.3 cm³/mol. The van der Waals surface area contributed by atoms with Crippen LogP contribution < -0.4 is 0 Å². The maximum absolute atomic E-state index is 12.6. The summed E-state index contributed by atoms with van der Waals surface area (Å²) in [4.78, 5) is 20.9. The molecule has 100 valence electrons. The molecule has 0 unspecified atom stereocenters. The second-order valence-corrected chi connectivity index (χ2v) is 3.74. The van der Waals surface area contributed by atoms with Crippen molar-refractivity contribution >= 4 is 23.4 Å². The smallest absolute Gasteiger partial charge is 0.302 e. The minimum Gasteiger partial charge on any atom is -0.466 e. The van der Waals surface area contributed by atoms with Gasteiger partial charge in [0, 0.05) is 18.9 Å². The Kier molecular flexibility index (Phi) is 7.96. The average molecular weight is 275 g/mol. The van der Waals surface area contributed by atoms with Crippen molar-refractivity contribution in [2.45, 2.75) is 27.2 Å². The molecule has 0 heterocycles. The summed E-state index contributed by atoms with van der Waals surface area (Å²) in [5.41, 5.74) is 0.462. The van der Waals surface area contributed by atoms with E-state index in [1.54, 1.807) is 13.8 Å². The second-order valence-electron chi connectivity index (χ2n) is 3.33. The zero-order valence-corrected chi connectivity index (χ0v) is 11.4. The SMILES string of the molecule is CCC(=O)c1ccc(F)c(Cl)c1.CCOC(C)=O. The van der Waals surface area contributed by atoms with Gasteiger partial charge in [-0.1, -0.05) is 18.5 Å². The lowest BCUT2D eigenvalue weighted by Gasteiger charge is -1.98. The quantitative estimate of drug-likeness (QED) is 0.624. The lowest BCUT2D eigenvalue weighted by atomic mass is 10.1. The third-order valence-electron chi connectivity index (χ3n) is 1.91. The summed E-state index contributed by atoms with van der Waals surface area (Å²) in [6.45, 7) is 5.40. The summed E-state index contributed by atoms with van der Waals surface area (Å²) in [5.74, 6) is -0.737. The third kappa shape index (κ3) is 6.35. The summed E-state index contributed by atoms with van der Waals surface area (Å²) in [6.07, 6.45) is 0.405. The molecule has 0 bridgehead atoms. The molecule has 0 atom stereocenters. The first-order valence-electron chi connectivity index (χ1n) is 5.53. The molecule has 0 aromatic heterocycles. The van der Waals surface area contributed by atoms with Gasteiger partial charge in [-0.15, -0.1) is 0 Å². The van der Waals surface area contributed by atoms with Crippen LogP contribution in [-0.4, -0.2) is 18.4 Å². The molecule has 0 radical (unpaired) electrons. The van der Waals surface area contributed by atoms with Gasteiger partial charge < -0.3 is 4.74 Å². The van der Waals surface area contributed by atoms with Gasteiger partial charge in [0.25, 0.3) is 0 Å². The number of esters is 1. The fourth-order valence-corrected chi connectivity index (χ4v) is 1.26. The Hall–Kier alpha value is -1.42. The standard InChI is InChI=1S/C9H8ClFO.C4H8O2/c1-2-9(12)6-3-4-8(11)7(10)5-6;1-3-6-4(2)5/h3-5H,2H2,1H3;3H2,1-2H3. The molecular formula is C13H16ClFO3. The molecule has 3 nitrogen and oxygen atoms in total. The Labute approximate surface area is 111 Å². The zero-order chi connectivity index (χ0) is 14.1. The van der Waals surface area contributed by atoms with Crippen molar-refractivity contribution in [3.05, 3.63) is 34.6 Å². The fraction of sp³-hybridized carbons (Fsp3) is 0.385. The minimum absolute atomic E-state index is 0.00528. The van der Waals surface area contributed by atoms with Crippen LogP contribution in [0.25, 0.3) is 0 Å². The Morgan fingerprint density at radius 2 is 1.94 bits per heavy atom. The van der Waals surface area contributed by atoms with Crippen molar-refractivity contribution in [2.75, 3.05) is 6.61 Å². The predicted octanol–water partition coefficient (Wildman–Crippen LogP) is 3.64. The van der Waals surface area contributed by atoms with E-state index >= 15 is 0 Å². The average Bonchev–Trinajstić information content (AvgIpc) is 2.32. The van der Waals surface area contributed by atoms with Crippen LogP contribution in [-0.2, 0) is 9.53 Å². The van der Waals surface area contributed by atoms with Crippen LogP contribution in [0.5, 0.6) is 0 Å². The van der Waals surface area contributed by atoms with E-state index in [2.05, 4.69) is 4.74 Å². The number of halogens is 2. The second kappa shape index (κ2) is 8.64. The van der Waals surface area contributed by atoms with Crippen LogP contribution in [0, 0.1) is 5.82 Å². The van der Waals surface area contributed by atoms with Crippen molar-refractivity contribution in [2.24, 2.45) is 0 Å². The highest BCUT2D eigenvalue weighted by atomic mass is 35.5. The van der Waals surface area contributed by atoms with Gasteiger partial charge in [0.05, 0.1) is 11.6 Å². The van der Waals surface area contributed by atoms with Gasteiger partial charge in [0.1, 0.15) is 5.82 Å². The summed E-state index contributed by atoms with van der Waals surface area (Å²) >= 11 is 5.49. The van der Waals surface area contributed by atoms with Crippen molar-refractivity contribution in [3.8, 4) is 0 Å². The number of carbonyl (C=O) groups is 2. The van der Waals surface area contributed by atoms with E-state index in [0.717, 1.165) is 0 Å². The van der Waals surface area contributed by atoms with Crippen molar-refractivity contribution in [3.63, 3.8) is 0 Å². The summed E-state index contributed by atoms with van der Waals surface area (Å²) in [6, 6.07) is 3.99. The molecule has 0 aliphatic heterocycles. The minimum atomic E-state index is -0.496. The van der Waals surface area contributed by atoms with E-state index < -0.39 is 5.82 Å². The van der Waals surface area contributed by atoms with Crippen LogP contribution in [0.4, 0.5) is 4.39 Å². The van der Waals surface area contributed by atoms with Crippen LogP contribution in [0.3, 0.4) is 0 Å². The van der Waals surface area contributed by atoms with Gasteiger partial charge in [-0.2, -0.15) is 0 Å². The largest absolute Gasteiger partial charge is 0.466 e. The molecule has 18 heavy (non-hydrogen) atoms. The molecule has 0 aliphatic rings. The number of rotatable bonds is 3. The number of ether oxygens (including phenoxy) is 1. The molecule has 0 saturated heterocycles. The number of Topliss-reactive ketones (excluding diaryl/α,β-unsaturated/α-hetero) is 1. The first kappa shape index (κ1) is 16.6. The van der Waals surface area contributed by atoms with Crippen LogP contribution in [0.1, 0.15) is 37.6 Å². The molecule has 0 amide bonds. The summed E-state index contributed by atoms with van der Waals surface area (Å²) in [5, 5.41) is -0.00528. The number of carbonyl (C=O) groups excluding carboxylic acids is 2. The molecule has 1 rings (SSSR count). The van der Waals surface area contributed by atoms with Crippen LogP contribution >= 0.6 is 11.6 Å². The van der Waals surface area contributed by atoms with Gasteiger partial charge in [-0.05, 0) is 25.1 Å². The summed E-state index contributed by atoms with van der Waals surface area (Å²) in [7, 11) is 0. The van der Waals surface area contributed by atoms with Gasteiger partial charge in [-0.25, -0.2) is 4.39 Å². The molecule has 0 N–H and O–H groups in total. The number of ketones is 1. The van der Waals surface area contributed by atoms with Gasteiger partial charge in [0.15, 0.2) is 5.78 Å². The van der Waals surface area contributed by atoms with E-state index in [-0.39, 0.29) is 16.8 Å². The number of hydrogen-bond donors (Lipinski definition) is 0. The topological polar surface area (TPSA) is 43.4 Å². The lowest BCUT2D eigenvalue weighted by molar-refractivity contribution is -0.140. The first-order valence-corrected chi connectivity index (χ1v) is 5.91. The molecule has 0 spiro atoms. The molecule has 5 heteroatoms. The van der Waals surface area contributed by atoms with Crippen LogP contribution in [0.2, 0.25) is 5.02 Å². The van der Waals surface area contributed by atoms with E-state index in [9.17, 15) is 14.0 Å². The van der Waals surface area contributed by atoms with Crippen molar-refractivity contribution in [1.29, 1.82) is 0 Å². The normalized spacial score (nSPS) is 9.17. The van der Waals surface area contributed by atoms with E-state index in [1.165, 1.54) is 25.1 Å². The van der Waals surface area contributed by atoms with E-state index in [4.69, 9.17) is 11.6 Å². The third-order valence-corrected chi connectivity index (χ3v) is 2.20. The molecular weight excluding hydrogens is 259 g/mol. The lowest BCUT2D eigenvalue weighted by Crippen LogP contribution is -1.96. The molecule has 0 fully saturated rings. The maximum atomic E-state index is 12.6. The monoisotopic (exact) mass is 274 g/mol. The maximum Gasteiger partial charge on any atom is 0.302 e. The van der Waals surface area contributed by atoms with E-state index in [1.807, 2.05) is 0 Å². The van der Waals surface area contributed by atoms with Gasteiger partial charge in [-0.3, -0.25) is 9.59 Å². The molecule has 1 aromatic rings. The Bertz CT molecular complexity index is 419. The fourth-order valence-electron chi connectivity index (χ4n) is 1.08. The van der Waals surface area contributed by atoms with Crippen molar-refractivity contribution < 1.29 is 18.7 Å². The Balaban J connectivity index is 0.000000411. The highest BCUT2D eigenvalue weighted by molar-refractivity contribution is 6.31. The highest BCUT2D eigenvalue weighted by Gasteiger charge is 2.05. The van der Waals surface area contributed by atoms with Gasteiger partial charge in [0.2, 0.25) is 0 Å². The Morgan fingerprint density at radius 3 is 2.28 bits per heavy atom. The van der Waals surface area contributed by atoms with Crippen LogP contribution in [0.15, 0.2) is 18.2 Å².